The largest absolute Gasteiger partial charge is 0.350 e. The van der Waals surface area contributed by atoms with Crippen LogP contribution in [-0.2, 0) is 4.79 Å². The van der Waals surface area contributed by atoms with E-state index in [1.807, 2.05) is 53.4 Å². The van der Waals surface area contributed by atoms with Gasteiger partial charge < -0.3 is 15.1 Å². The normalized spacial score (nSPS) is 15.6. The van der Waals surface area contributed by atoms with Crippen LogP contribution < -0.4 is 10.2 Å². The Hall–Kier alpha value is -3.83. The van der Waals surface area contributed by atoms with Crippen LogP contribution in [0.1, 0.15) is 51.4 Å². The minimum absolute atomic E-state index is 0.0933. The molecule has 0 spiro atoms. The van der Waals surface area contributed by atoms with Gasteiger partial charge in [0.15, 0.2) is 5.65 Å². The van der Waals surface area contributed by atoms with Gasteiger partial charge in [-0.1, -0.05) is 19.9 Å². The quantitative estimate of drug-likeness (QED) is 0.262. The first-order valence-corrected chi connectivity index (χ1v) is 15.7. The van der Waals surface area contributed by atoms with Crippen molar-refractivity contribution in [1.82, 2.24) is 34.7 Å². The molecule has 0 aromatic carbocycles. The Balaban J connectivity index is 1.52. The summed E-state index contributed by atoms with van der Waals surface area (Å²) in [4.78, 5) is 44.0. The summed E-state index contributed by atoms with van der Waals surface area (Å²) in [5.74, 6) is 0.533. The number of likely N-dealkylation sites (N-methyl/N-ethyl adjacent to an activating group) is 2. The summed E-state index contributed by atoms with van der Waals surface area (Å²) in [6, 6.07) is 9.50. The molecule has 1 saturated heterocycles. The minimum atomic E-state index is -0.293. The van der Waals surface area contributed by atoms with Gasteiger partial charge in [-0.25, -0.2) is 14.5 Å². The Morgan fingerprint density at radius 2 is 1.86 bits per heavy atom. The van der Waals surface area contributed by atoms with Crippen LogP contribution in [0.5, 0.6) is 0 Å². The van der Waals surface area contributed by atoms with Gasteiger partial charge in [-0.15, -0.1) is 11.3 Å². The molecule has 0 aliphatic carbocycles. The lowest BCUT2D eigenvalue weighted by atomic mass is 10.0. The summed E-state index contributed by atoms with van der Waals surface area (Å²) in [5, 5.41) is 9.67. The summed E-state index contributed by atoms with van der Waals surface area (Å²) >= 11 is 1.63. The Bertz CT molecular complexity index is 1530. The van der Waals surface area contributed by atoms with E-state index in [0.29, 0.717) is 48.9 Å². The van der Waals surface area contributed by atoms with Crippen LogP contribution in [-0.4, -0.2) is 92.5 Å². The van der Waals surface area contributed by atoms with E-state index in [-0.39, 0.29) is 23.9 Å². The summed E-state index contributed by atoms with van der Waals surface area (Å²) < 4.78 is 1.72. The number of carbonyl (C=O) groups is 2. The number of carbonyl (C=O) groups excluding carboxylic acids is 2. The van der Waals surface area contributed by atoms with Crippen LogP contribution in [0.15, 0.2) is 48.1 Å². The maximum Gasteiger partial charge on any atom is 0.251 e. The average molecular weight is 589 g/mol. The topological polar surface area (TPSA) is 99.0 Å². The van der Waals surface area contributed by atoms with Gasteiger partial charge in [-0.05, 0) is 69.9 Å². The first-order chi connectivity index (χ1) is 20.4. The number of nitrogens with zero attached hydrogens (tertiary/aromatic N) is 7. The number of rotatable bonds is 12. The third-order valence-electron chi connectivity index (χ3n) is 8.16. The number of hydrogen-bond donors (Lipinski definition) is 1. The fraction of sp³-hybridized carbons (Fsp3) is 0.452. The molecule has 1 aliphatic rings. The molecular formula is C31H40N8O2S. The molecule has 10 nitrogen and oxygen atoms in total. The lowest BCUT2D eigenvalue weighted by Gasteiger charge is -2.43. The van der Waals surface area contributed by atoms with Gasteiger partial charge in [0.1, 0.15) is 11.9 Å². The lowest BCUT2D eigenvalue weighted by Crippen LogP contribution is -2.57. The zero-order chi connectivity index (χ0) is 29.8. The van der Waals surface area contributed by atoms with Gasteiger partial charge in [-0.3, -0.25) is 14.5 Å². The number of fused-ring (bicyclic) bond motifs is 1. The van der Waals surface area contributed by atoms with E-state index in [1.165, 1.54) is 0 Å². The molecule has 42 heavy (non-hydrogen) atoms. The molecule has 0 saturated carbocycles. The number of hydrogen-bond acceptors (Lipinski definition) is 8. The van der Waals surface area contributed by atoms with Gasteiger partial charge >= 0.3 is 0 Å². The predicted molar refractivity (Wildman–Crippen MR) is 168 cm³/mol. The Morgan fingerprint density at radius 1 is 1.07 bits per heavy atom. The number of anilines is 1. The number of amides is 2. The van der Waals surface area contributed by atoms with Gasteiger partial charge in [0.25, 0.3) is 5.91 Å². The summed E-state index contributed by atoms with van der Waals surface area (Å²) in [7, 11) is 0. The van der Waals surface area contributed by atoms with Gasteiger partial charge in [0, 0.05) is 44.0 Å². The Morgan fingerprint density at radius 3 is 2.50 bits per heavy atom. The maximum absolute atomic E-state index is 13.6. The molecule has 11 heteroatoms. The van der Waals surface area contributed by atoms with E-state index in [1.54, 1.807) is 34.2 Å². The third kappa shape index (κ3) is 5.89. The molecule has 5 heterocycles. The van der Waals surface area contributed by atoms with Gasteiger partial charge in [0.05, 0.1) is 28.0 Å². The van der Waals surface area contributed by atoms with E-state index in [9.17, 15) is 9.59 Å². The lowest BCUT2D eigenvalue weighted by molar-refractivity contribution is -0.133. The second-order valence-corrected chi connectivity index (χ2v) is 11.5. The Kier molecular flexibility index (Phi) is 9.18. The molecule has 1 aliphatic heterocycles. The van der Waals surface area contributed by atoms with Crippen molar-refractivity contribution in [3.05, 3.63) is 53.7 Å². The van der Waals surface area contributed by atoms with E-state index in [2.05, 4.69) is 36.1 Å². The van der Waals surface area contributed by atoms with Crippen molar-refractivity contribution in [3.8, 4) is 21.8 Å². The monoisotopic (exact) mass is 588 g/mol. The van der Waals surface area contributed by atoms with Crippen molar-refractivity contribution < 1.29 is 9.59 Å². The van der Waals surface area contributed by atoms with E-state index >= 15 is 0 Å². The fourth-order valence-electron chi connectivity index (χ4n) is 5.53. The van der Waals surface area contributed by atoms with Crippen molar-refractivity contribution in [2.45, 2.75) is 53.1 Å². The highest BCUT2D eigenvalue weighted by atomic mass is 32.1. The van der Waals surface area contributed by atoms with Crippen molar-refractivity contribution in [3.63, 3.8) is 0 Å². The second kappa shape index (κ2) is 13.0. The molecule has 222 valence electrons. The number of pyridine rings is 1. The summed E-state index contributed by atoms with van der Waals surface area (Å²) in [5.41, 5.74) is 3.34. The van der Waals surface area contributed by atoms with E-state index < -0.39 is 0 Å². The third-order valence-corrected chi connectivity index (χ3v) is 9.05. The number of nitrogens with one attached hydrogen (secondary N) is 1. The fourth-order valence-corrected chi connectivity index (χ4v) is 6.22. The van der Waals surface area contributed by atoms with E-state index in [0.717, 1.165) is 35.6 Å². The predicted octanol–water partition coefficient (Wildman–Crippen LogP) is 4.43. The Labute approximate surface area is 251 Å². The maximum atomic E-state index is 13.6. The molecule has 5 rings (SSSR count). The highest BCUT2D eigenvalue weighted by Crippen LogP contribution is 2.32. The van der Waals surface area contributed by atoms with Crippen LogP contribution in [0.2, 0.25) is 0 Å². The molecule has 1 unspecified atom stereocenters. The zero-order valence-electron chi connectivity index (χ0n) is 25.1. The molecule has 0 bridgehead atoms. The summed E-state index contributed by atoms with van der Waals surface area (Å²) in [6.45, 7) is 14.7. The molecule has 1 N–H and O–H groups in total. The smallest absolute Gasteiger partial charge is 0.251 e. The van der Waals surface area contributed by atoms with Crippen LogP contribution in [0, 0.1) is 0 Å². The van der Waals surface area contributed by atoms with Crippen molar-refractivity contribution >= 4 is 34.6 Å². The van der Waals surface area contributed by atoms with Crippen LogP contribution >= 0.6 is 11.3 Å². The zero-order valence-corrected chi connectivity index (χ0v) is 25.9. The van der Waals surface area contributed by atoms with Crippen LogP contribution in [0.25, 0.3) is 27.5 Å². The molecule has 2 atom stereocenters. The molecule has 4 aromatic rings. The molecule has 0 radical (unpaired) electrons. The highest BCUT2D eigenvalue weighted by Gasteiger charge is 2.37. The highest BCUT2D eigenvalue weighted by molar-refractivity contribution is 7.13. The molecule has 2 amide bonds. The molecule has 4 aromatic heterocycles. The standard InChI is InChI=1S/C31H40N8O2S/c1-6-36(7-2)21(5)19-32-30(40)22-17-25(34-28(18-22)38-14-13-26(38)31(41)37(8-3)9-4)23-20-33-39-15-12-24(35-29(23)39)27-11-10-16-42-27/h10-12,15-18,20-21,26H,6-9,13-14,19H2,1-5H3,(H,32,40)/t21?,26-/m0/s1. The van der Waals surface area contributed by atoms with Crippen molar-refractivity contribution in [1.29, 1.82) is 0 Å². The summed E-state index contributed by atoms with van der Waals surface area (Å²) in [6.07, 6.45) is 4.39. The SMILES string of the molecule is CCN(CC)C(=O)[C@@H]1CCN1c1cc(C(=O)NCC(C)N(CC)CC)cc(-c2cnn3ccc(-c4cccs4)nc23)n1. The average Bonchev–Trinajstić information content (AvgIpc) is 3.67. The van der Waals surface area contributed by atoms with Crippen LogP contribution in [0.3, 0.4) is 0 Å². The molecular weight excluding hydrogens is 548 g/mol. The van der Waals surface area contributed by atoms with Crippen molar-refractivity contribution in [2.75, 3.05) is 44.2 Å². The second-order valence-electron chi connectivity index (χ2n) is 10.5. The molecule has 1 fully saturated rings. The first kappa shape index (κ1) is 29.7. The number of aromatic nitrogens is 4. The number of thiophene rings is 1. The first-order valence-electron chi connectivity index (χ1n) is 14.9. The van der Waals surface area contributed by atoms with Crippen LogP contribution in [0.4, 0.5) is 5.82 Å². The van der Waals surface area contributed by atoms with Gasteiger partial charge in [0.2, 0.25) is 5.91 Å². The van der Waals surface area contributed by atoms with Gasteiger partial charge in [-0.2, -0.15) is 5.10 Å². The van der Waals surface area contributed by atoms with E-state index in [4.69, 9.17) is 9.97 Å². The minimum Gasteiger partial charge on any atom is -0.350 e. The van der Waals surface area contributed by atoms with Crippen molar-refractivity contribution in [2.24, 2.45) is 0 Å².